The molecule has 0 aromatic heterocycles. The number of carboxylic acid groups (broad SMARTS) is 1. The van der Waals surface area contributed by atoms with Crippen molar-refractivity contribution in [2.75, 3.05) is 5.75 Å². The van der Waals surface area contributed by atoms with E-state index in [0.29, 0.717) is 0 Å². The van der Waals surface area contributed by atoms with Crippen LogP contribution in [-0.2, 0) is 4.79 Å². The second kappa shape index (κ2) is 5.73. The van der Waals surface area contributed by atoms with Gasteiger partial charge in [0.1, 0.15) is 0 Å². The Hall–Kier alpha value is -0.930. The number of hydrogen-bond donors (Lipinski definition) is 1. The third-order valence-electron chi connectivity index (χ3n) is 1.51. The number of halogens is 1. The third kappa shape index (κ3) is 3.44. The number of aliphatic carboxylic acids is 1. The average Bonchev–Trinajstić information content (AvgIpc) is 2.20. The Morgan fingerprint density at radius 3 is 2.57 bits per heavy atom. The molecule has 0 heterocycles. The molecule has 0 aliphatic heterocycles. The molecule has 0 saturated heterocycles. The second-order valence-corrected chi connectivity index (χ2v) is 3.76. The number of hydrogen-bond acceptors (Lipinski definition) is 2. The lowest BCUT2D eigenvalue weighted by molar-refractivity contribution is -0.133. The van der Waals surface area contributed by atoms with Crippen molar-refractivity contribution < 1.29 is 9.90 Å². The SMILES string of the molecule is O=C(O)CS/C(=C\Cl)c1ccccc1. The summed E-state index contributed by atoms with van der Waals surface area (Å²) >= 11 is 6.82. The number of carboxylic acids is 1. The first-order valence-corrected chi connectivity index (χ1v) is 5.36. The fraction of sp³-hybridized carbons (Fsp3) is 0.100. The van der Waals surface area contributed by atoms with Gasteiger partial charge in [0.15, 0.2) is 0 Å². The van der Waals surface area contributed by atoms with Crippen LogP contribution in [0, 0.1) is 0 Å². The van der Waals surface area contributed by atoms with Crippen molar-refractivity contribution in [1.29, 1.82) is 0 Å². The maximum atomic E-state index is 10.4. The number of carbonyl (C=O) groups is 1. The molecule has 14 heavy (non-hydrogen) atoms. The molecule has 0 fully saturated rings. The van der Waals surface area contributed by atoms with E-state index in [0.717, 1.165) is 10.5 Å². The van der Waals surface area contributed by atoms with Gasteiger partial charge in [-0.3, -0.25) is 4.79 Å². The highest BCUT2D eigenvalue weighted by atomic mass is 35.5. The fourth-order valence-electron chi connectivity index (χ4n) is 0.920. The summed E-state index contributed by atoms with van der Waals surface area (Å²) in [6, 6.07) is 9.46. The molecule has 0 unspecified atom stereocenters. The van der Waals surface area contributed by atoms with E-state index < -0.39 is 5.97 Å². The molecule has 2 nitrogen and oxygen atoms in total. The molecule has 1 N–H and O–H groups in total. The molecule has 0 aliphatic carbocycles. The monoisotopic (exact) mass is 228 g/mol. The van der Waals surface area contributed by atoms with Crippen LogP contribution < -0.4 is 0 Å². The van der Waals surface area contributed by atoms with E-state index in [1.54, 1.807) is 0 Å². The molecule has 1 aromatic rings. The van der Waals surface area contributed by atoms with Gasteiger partial charge in [-0.05, 0) is 5.56 Å². The zero-order valence-corrected chi connectivity index (χ0v) is 8.89. The van der Waals surface area contributed by atoms with Crippen molar-refractivity contribution in [3.05, 3.63) is 41.4 Å². The molecule has 1 aromatic carbocycles. The molecule has 0 saturated carbocycles. The largest absolute Gasteiger partial charge is 0.481 e. The first-order chi connectivity index (χ1) is 6.74. The highest BCUT2D eigenvalue weighted by Gasteiger charge is 2.04. The predicted molar refractivity (Wildman–Crippen MR) is 60.4 cm³/mol. The summed E-state index contributed by atoms with van der Waals surface area (Å²) in [6.07, 6.45) is 0. The van der Waals surface area contributed by atoms with E-state index in [-0.39, 0.29) is 5.75 Å². The molecule has 0 radical (unpaired) electrons. The van der Waals surface area contributed by atoms with Crippen LogP contribution in [0.3, 0.4) is 0 Å². The van der Waals surface area contributed by atoms with Gasteiger partial charge in [-0.2, -0.15) is 0 Å². The van der Waals surface area contributed by atoms with E-state index in [1.165, 1.54) is 17.3 Å². The maximum absolute atomic E-state index is 10.4. The van der Waals surface area contributed by atoms with Gasteiger partial charge >= 0.3 is 5.97 Å². The summed E-state index contributed by atoms with van der Waals surface area (Å²) in [5.41, 5.74) is 2.34. The van der Waals surface area contributed by atoms with E-state index in [4.69, 9.17) is 16.7 Å². The van der Waals surface area contributed by atoms with Gasteiger partial charge in [0.25, 0.3) is 0 Å². The highest BCUT2D eigenvalue weighted by Crippen LogP contribution is 2.27. The first kappa shape index (κ1) is 11.1. The predicted octanol–water partition coefficient (Wildman–Crippen LogP) is 3.04. The lowest BCUT2D eigenvalue weighted by Crippen LogP contribution is -1.97. The molecule has 0 atom stereocenters. The quantitative estimate of drug-likeness (QED) is 0.861. The first-order valence-electron chi connectivity index (χ1n) is 3.94. The Labute approximate surface area is 91.6 Å². The summed E-state index contributed by atoms with van der Waals surface area (Å²) in [4.78, 5) is 11.1. The van der Waals surface area contributed by atoms with Crippen molar-refractivity contribution >= 4 is 34.2 Å². The maximum Gasteiger partial charge on any atom is 0.313 e. The minimum absolute atomic E-state index is 0.0213. The summed E-state index contributed by atoms with van der Waals surface area (Å²) in [5.74, 6) is -0.824. The van der Waals surface area contributed by atoms with Crippen molar-refractivity contribution in [2.45, 2.75) is 0 Å². The van der Waals surface area contributed by atoms with E-state index in [9.17, 15) is 4.79 Å². The van der Waals surface area contributed by atoms with Gasteiger partial charge < -0.3 is 5.11 Å². The van der Waals surface area contributed by atoms with Crippen LogP contribution in [0.2, 0.25) is 0 Å². The highest BCUT2D eigenvalue weighted by molar-refractivity contribution is 8.08. The number of thioether (sulfide) groups is 1. The molecule has 0 bridgehead atoms. The Bertz CT molecular complexity index is 335. The van der Waals surface area contributed by atoms with Crippen molar-refractivity contribution in [3.63, 3.8) is 0 Å². The summed E-state index contributed by atoms with van der Waals surface area (Å²) in [7, 11) is 0. The van der Waals surface area contributed by atoms with Crippen LogP contribution in [0.4, 0.5) is 0 Å². The summed E-state index contributed by atoms with van der Waals surface area (Å²) in [6.45, 7) is 0. The van der Waals surface area contributed by atoms with Crippen molar-refractivity contribution in [2.24, 2.45) is 0 Å². The van der Waals surface area contributed by atoms with Crippen molar-refractivity contribution in [1.82, 2.24) is 0 Å². The molecule has 0 aliphatic rings. The molecule has 4 heteroatoms. The third-order valence-corrected chi connectivity index (χ3v) is 2.91. The summed E-state index contributed by atoms with van der Waals surface area (Å²) in [5, 5.41) is 8.51. The van der Waals surface area contributed by atoms with Gasteiger partial charge in [-0.25, -0.2) is 0 Å². The minimum atomic E-state index is -0.845. The smallest absolute Gasteiger partial charge is 0.313 e. The van der Waals surface area contributed by atoms with E-state index in [1.807, 2.05) is 30.3 Å². The van der Waals surface area contributed by atoms with Crippen molar-refractivity contribution in [3.8, 4) is 0 Å². The van der Waals surface area contributed by atoms with Gasteiger partial charge in [0.05, 0.1) is 5.75 Å². The van der Waals surface area contributed by atoms with Gasteiger partial charge in [0.2, 0.25) is 0 Å². The molecule has 0 amide bonds. The van der Waals surface area contributed by atoms with Crippen LogP contribution in [0.5, 0.6) is 0 Å². The molecular formula is C10H9ClO2S. The van der Waals surface area contributed by atoms with Gasteiger partial charge in [-0.1, -0.05) is 41.9 Å². The van der Waals surface area contributed by atoms with Crippen LogP contribution in [-0.4, -0.2) is 16.8 Å². The lowest BCUT2D eigenvalue weighted by atomic mass is 10.2. The average molecular weight is 229 g/mol. The fourth-order valence-corrected chi connectivity index (χ4v) is 1.88. The Morgan fingerprint density at radius 1 is 1.43 bits per heavy atom. The summed E-state index contributed by atoms with van der Waals surface area (Å²) < 4.78 is 0. The Kier molecular flexibility index (Phi) is 4.56. The Balaban J connectivity index is 2.69. The topological polar surface area (TPSA) is 37.3 Å². The van der Waals surface area contributed by atoms with Crippen LogP contribution >= 0.6 is 23.4 Å². The second-order valence-electron chi connectivity index (χ2n) is 2.52. The molecule has 74 valence electrons. The van der Waals surface area contributed by atoms with Crippen LogP contribution in [0.25, 0.3) is 4.91 Å². The molecular weight excluding hydrogens is 220 g/mol. The van der Waals surface area contributed by atoms with E-state index >= 15 is 0 Å². The van der Waals surface area contributed by atoms with Gasteiger partial charge in [-0.15, -0.1) is 11.8 Å². The van der Waals surface area contributed by atoms with Crippen LogP contribution in [0.15, 0.2) is 35.9 Å². The molecule has 1 rings (SSSR count). The van der Waals surface area contributed by atoms with Crippen LogP contribution in [0.1, 0.15) is 5.56 Å². The van der Waals surface area contributed by atoms with Gasteiger partial charge in [0, 0.05) is 10.4 Å². The number of rotatable bonds is 4. The lowest BCUT2D eigenvalue weighted by Gasteiger charge is -2.03. The number of benzene rings is 1. The normalized spacial score (nSPS) is 11.4. The Morgan fingerprint density at radius 2 is 2.07 bits per heavy atom. The van der Waals surface area contributed by atoms with E-state index in [2.05, 4.69) is 0 Å². The zero-order valence-electron chi connectivity index (χ0n) is 7.31. The minimum Gasteiger partial charge on any atom is -0.481 e. The molecule has 0 spiro atoms. The zero-order chi connectivity index (χ0) is 10.4. The standard InChI is InChI=1S/C10H9ClO2S/c11-6-9(14-7-10(12)13)8-4-2-1-3-5-8/h1-6H,7H2,(H,12,13)/b9-6-.